The highest BCUT2D eigenvalue weighted by Crippen LogP contribution is 2.57. The van der Waals surface area contributed by atoms with Crippen LogP contribution in [0.15, 0.2) is 11.3 Å². The van der Waals surface area contributed by atoms with Gasteiger partial charge in [0.2, 0.25) is 0 Å². The molecule has 0 amide bonds. The number of ether oxygens (including phenoxy) is 1. The van der Waals surface area contributed by atoms with Crippen molar-refractivity contribution in [2.24, 2.45) is 10.8 Å². The highest BCUT2D eigenvalue weighted by molar-refractivity contribution is 9.09. The molecule has 1 spiro atoms. The molecule has 1 saturated carbocycles. The van der Waals surface area contributed by atoms with Crippen LogP contribution in [0.25, 0.3) is 0 Å². The van der Waals surface area contributed by atoms with Crippen LogP contribution in [0, 0.1) is 10.8 Å². The Bertz CT molecular complexity index is 535. The van der Waals surface area contributed by atoms with Crippen LogP contribution in [0.2, 0.25) is 0 Å². The third-order valence-corrected chi connectivity index (χ3v) is 9.65. The molecule has 1 heterocycles. The van der Waals surface area contributed by atoms with Gasteiger partial charge in [-0.05, 0) is 31.3 Å². The van der Waals surface area contributed by atoms with Gasteiger partial charge in [0, 0.05) is 33.3 Å². The lowest BCUT2D eigenvalue weighted by Gasteiger charge is -2.55. The van der Waals surface area contributed by atoms with E-state index in [0.29, 0.717) is 21.9 Å². The minimum absolute atomic E-state index is 0.116. The van der Waals surface area contributed by atoms with Gasteiger partial charge in [0.1, 0.15) is 0 Å². The fraction of sp³-hybridized carbons (Fsp3) is 0.833. The van der Waals surface area contributed by atoms with Crippen molar-refractivity contribution in [1.82, 2.24) is 0 Å². The lowest BCUT2D eigenvalue weighted by atomic mass is 9.60. The number of allylic oxidation sites excluding steroid dienone is 2. The van der Waals surface area contributed by atoms with E-state index in [0.717, 1.165) is 37.9 Å². The highest BCUT2D eigenvalue weighted by Gasteiger charge is 2.60. The zero-order valence-electron chi connectivity index (χ0n) is 14.0. The van der Waals surface area contributed by atoms with Crippen molar-refractivity contribution in [2.75, 3.05) is 0 Å². The van der Waals surface area contributed by atoms with E-state index in [9.17, 15) is 4.79 Å². The first kappa shape index (κ1) is 17.0. The molecule has 0 aromatic rings. The number of rotatable bonds is 0. The summed E-state index contributed by atoms with van der Waals surface area (Å²) in [7, 11) is 0. The molecule has 0 saturated heterocycles. The summed E-state index contributed by atoms with van der Waals surface area (Å²) in [6, 6.07) is 0. The number of hydrogen-bond donors (Lipinski definition) is 0. The lowest BCUT2D eigenvalue weighted by Crippen LogP contribution is -2.61. The molecule has 1 aliphatic heterocycles. The number of Topliss-reactive ketones (excluding diaryl/α,β-unsaturated/α-hetero) is 1. The molecule has 124 valence electrons. The molecule has 0 bridgehead atoms. The van der Waals surface area contributed by atoms with Crippen LogP contribution in [0.1, 0.15) is 66.2 Å². The molecular formula is C18H26Br2O2. The largest absolute Gasteiger partial charge is 0.483 e. The summed E-state index contributed by atoms with van der Waals surface area (Å²) in [6.45, 7) is 8.97. The van der Waals surface area contributed by atoms with Gasteiger partial charge in [0.05, 0.1) is 5.76 Å². The van der Waals surface area contributed by atoms with Crippen LogP contribution in [-0.4, -0.2) is 21.0 Å². The minimum atomic E-state index is -0.631. The average Bonchev–Trinajstić information content (AvgIpc) is 2.46. The zero-order valence-corrected chi connectivity index (χ0v) is 17.1. The van der Waals surface area contributed by atoms with E-state index in [-0.39, 0.29) is 10.8 Å². The number of carbonyl (C=O) groups excluding carboxylic acids is 1. The molecule has 3 atom stereocenters. The van der Waals surface area contributed by atoms with Gasteiger partial charge in [-0.25, -0.2) is 0 Å². The van der Waals surface area contributed by atoms with Crippen molar-refractivity contribution in [3.05, 3.63) is 11.3 Å². The monoisotopic (exact) mass is 432 g/mol. The Hall–Kier alpha value is 0.170. The summed E-state index contributed by atoms with van der Waals surface area (Å²) in [6.07, 6.45) is 5.38. The van der Waals surface area contributed by atoms with Crippen molar-refractivity contribution in [3.8, 4) is 0 Å². The Balaban J connectivity index is 2.02. The quantitative estimate of drug-likeness (QED) is 0.469. The summed E-state index contributed by atoms with van der Waals surface area (Å²) in [5, 5.41) is 0. The van der Waals surface area contributed by atoms with Crippen molar-refractivity contribution in [3.63, 3.8) is 0 Å². The molecule has 0 aromatic heterocycles. The molecule has 0 aromatic carbocycles. The van der Waals surface area contributed by atoms with Crippen molar-refractivity contribution >= 4 is 37.6 Å². The smallest absolute Gasteiger partial charge is 0.176 e. The molecule has 0 N–H and O–H groups in total. The predicted octanol–water partition coefficient (Wildman–Crippen LogP) is 5.53. The van der Waals surface area contributed by atoms with E-state index in [4.69, 9.17) is 4.74 Å². The maximum atomic E-state index is 12.9. The van der Waals surface area contributed by atoms with Crippen molar-refractivity contribution < 1.29 is 9.53 Å². The number of carbonyl (C=O) groups is 1. The second-order valence-electron chi connectivity index (χ2n) is 8.21. The second-order valence-corrected chi connectivity index (χ2v) is 10.4. The van der Waals surface area contributed by atoms with Gasteiger partial charge in [-0.1, -0.05) is 59.6 Å². The fourth-order valence-corrected chi connectivity index (χ4v) is 5.64. The van der Waals surface area contributed by atoms with Crippen LogP contribution < -0.4 is 0 Å². The van der Waals surface area contributed by atoms with E-state index in [1.165, 1.54) is 5.57 Å². The highest BCUT2D eigenvalue weighted by atomic mass is 79.9. The first-order valence-corrected chi connectivity index (χ1v) is 10.2. The Morgan fingerprint density at radius 2 is 1.64 bits per heavy atom. The molecule has 2 nitrogen and oxygen atoms in total. The van der Waals surface area contributed by atoms with E-state index >= 15 is 0 Å². The van der Waals surface area contributed by atoms with E-state index in [1.54, 1.807) is 0 Å². The van der Waals surface area contributed by atoms with Gasteiger partial charge in [0.25, 0.3) is 0 Å². The van der Waals surface area contributed by atoms with Gasteiger partial charge in [-0.2, -0.15) is 0 Å². The fourth-order valence-electron chi connectivity index (χ4n) is 4.54. The first-order valence-electron chi connectivity index (χ1n) is 8.36. The van der Waals surface area contributed by atoms with Gasteiger partial charge in [0.15, 0.2) is 11.4 Å². The molecule has 4 heteroatoms. The average molecular weight is 434 g/mol. The molecule has 0 radical (unpaired) electrons. The summed E-state index contributed by atoms with van der Waals surface area (Å²) in [4.78, 5) is 13.7. The van der Waals surface area contributed by atoms with Crippen LogP contribution in [-0.2, 0) is 9.53 Å². The van der Waals surface area contributed by atoms with Gasteiger partial charge in [-0.15, -0.1) is 0 Å². The summed E-state index contributed by atoms with van der Waals surface area (Å²) in [5.41, 5.74) is 0.737. The van der Waals surface area contributed by atoms with Gasteiger partial charge >= 0.3 is 0 Å². The lowest BCUT2D eigenvalue weighted by molar-refractivity contribution is -0.167. The summed E-state index contributed by atoms with van der Waals surface area (Å²) < 4.78 is 6.58. The van der Waals surface area contributed by atoms with Crippen molar-refractivity contribution in [1.29, 1.82) is 0 Å². The summed E-state index contributed by atoms with van der Waals surface area (Å²) in [5.74, 6) is 1.41. The Labute approximate surface area is 150 Å². The Kier molecular flexibility index (Phi) is 4.13. The molecular weight excluding hydrogens is 408 g/mol. The van der Waals surface area contributed by atoms with Crippen molar-refractivity contribution in [2.45, 2.75) is 81.5 Å². The van der Waals surface area contributed by atoms with E-state index in [2.05, 4.69) is 59.6 Å². The van der Waals surface area contributed by atoms with Crippen LogP contribution in [0.4, 0.5) is 0 Å². The van der Waals surface area contributed by atoms with E-state index in [1.807, 2.05) is 0 Å². The van der Waals surface area contributed by atoms with Crippen LogP contribution >= 0.6 is 31.9 Å². The second kappa shape index (κ2) is 5.34. The third kappa shape index (κ3) is 2.19. The van der Waals surface area contributed by atoms with Gasteiger partial charge < -0.3 is 4.74 Å². The number of alkyl halides is 2. The first-order chi connectivity index (χ1) is 10.1. The molecule has 0 unspecified atom stereocenters. The third-order valence-electron chi connectivity index (χ3n) is 6.45. The normalized spacial score (nSPS) is 40.4. The number of hydrogen-bond acceptors (Lipinski definition) is 2. The summed E-state index contributed by atoms with van der Waals surface area (Å²) >= 11 is 7.65. The molecule has 22 heavy (non-hydrogen) atoms. The Morgan fingerprint density at radius 1 is 1.00 bits per heavy atom. The van der Waals surface area contributed by atoms with Crippen LogP contribution in [0.3, 0.4) is 0 Å². The van der Waals surface area contributed by atoms with E-state index < -0.39 is 5.60 Å². The molecule has 1 fully saturated rings. The number of ketones is 1. The van der Waals surface area contributed by atoms with Crippen LogP contribution in [0.5, 0.6) is 0 Å². The molecule has 2 aliphatic carbocycles. The standard InChI is InChI=1S/C18H26Br2O2/c1-16(2)11-9-10-18(22-12(11)5-6-13(16)19)15(21)8-7-14(20)17(18,3)4/h13-14H,5-10H2,1-4H3/t13-,14-,18-/m0/s1. The topological polar surface area (TPSA) is 26.3 Å². The SMILES string of the molecule is CC1(C)C2=C(CC[C@@H]1Br)O[C@@]1(CC2)C(=O)CC[C@H](Br)C1(C)C. The predicted molar refractivity (Wildman–Crippen MR) is 96.5 cm³/mol. The molecule has 3 aliphatic rings. The Morgan fingerprint density at radius 3 is 2.32 bits per heavy atom. The van der Waals surface area contributed by atoms with Gasteiger partial charge in [-0.3, -0.25) is 4.79 Å². The number of halogens is 2. The maximum absolute atomic E-state index is 12.9. The zero-order chi connectivity index (χ0) is 16.3. The maximum Gasteiger partial charge on any atom is 0.176 e. The molecule has 3 rings (SSSR count). The minimum Gasteiger partial charge on any atom is -0.483 e.